The van der Waals surface area contributed by atoms with Crippen LogP contribution in [0, 0.1) is 11.6 Å². The lowest BCUT2D eigenvalue weighted by atomic mass is 10.2. The zero-order valence-corrected chi connectivity index (χ0v) is 11.2. The molecule has 0 bridgehead atoms. The SMILES string of the molecule is CC(C)(C)OC(=O)Nc1c(Br)ccc(F)c1F. The fraction of sp³-hybridized carbons (Fsp3) is 0.364. The average molecular weight is 308 g/mol. The second-order valence-corrected chi connectivity index (χ2v) is 5.20. The maximum absolute atomic E-state index is 13.4. The van der Waals surface area contributed by atoms with Crippen molar-refractivity contribution in [1.82, 2.24) is 0 Å². The van der Waals surface area contributed by atoms with E-state index in [2.05, 4.69) is 21.2 Å². The third kappa shape index (κ3) is 3.96. The maximum Gasteiger partial charge on any atom is 0.412 e. The molecule has 0 atom stereocenters. The summed E-state index contributed by atoms with van der Waals surface area (Å²) in [4.78, 5) is 11.4. The third-order valence-electron chi connectivity index (χ3n) is 1.67. The second kappa shape index (κ2) is 5.00. The number of carbonyl (C=O) groups is 1. The molecule has 94 valence electrons. The Morgan fingerprint density at radius 1 is 1.35 bits per heavy atom. The molecule has 1 aromatic carbocycles. The number of ether oxygens (including phenoxy) is 1. The molecule has 0 saturated carbocycles. The second-order valence-electron chi connectivity index (χ2n) is 4.35. The van der Waals surface area contributed by atoms with Gasteiger partial charge in [0.1, 0.15) is 5.60 Å². The molecule has 0 aromatic heterocycles. The van der Waals surface area contributed by atoms with E-state index in [1.54, 1.807) is 20.8 Å². The highest BCUT2D eigenvalue weighted by atomic mass is 79.9. The highest BCUT2D eigenvalue weighted by Crippen LogP contribution is 2.27. The Balaban J connectivity index is 2.89. The van der Waals surface area contributed by atoms with E-state index in [0.717, 1.165) is 6.07 Å². The van der Waals surface area contributed by atoms with E-state index in [0.29, 0.717) is 0 Å². The van der Waals surface area contributed by atoms with Crippen LogP contribution >= 0.6 is 15.9 Å². The fourth-order valence-corrected chi connectivity index (χ4v) is 1.45. The molecule has 6 heteroatoms. The molecule has 0 unspecified atom stereocenters. The highest BCUT2D eigenvalue weighted by molar-refractivity contribution is 9.10. The summed E-state index contributed by atoms with van der Waals surface area (Å²) in [7, 11) is 0. The third-order valence-corrected chi connectivity index (χ3v) is 2.33. The number of hydrogen-bond acceptors (Lipinski definition) is 2. The smallest absolute Gasteiger partial charge is 0.412 e. The number of benzene rings is 1. The highest BCUT2D eigenvalue weighted by Gasteiger charge is 2.19. The van der Waals surface area contributed by atoms with Crippen molar-refractivity contribution in [2.75, 3.05) is 5.32 Å². The minimum atomic E-state index is -1.13. The van der Waals surface area contributed by atoms with Gasteiger partial charge >= 0.3 is 6.09 Å². The molecule has 0 saturated heterocycles. The first kappa shape index (κ1) is 13.9. The van der Waals surface area contributed by atoms with E-state index >= 15 is 0 Å². The maximum atomic E-state index is 13.4. The van der Waals surface area contributed by atoms with Crippen molar-refractivity contribution in [2.24, 2.45) is 0 Å². The van der Waals surface area contributed by atoms with E-state index in [1.165, 1.54) is 6.07 Å². The average Bonchev–Trinajstić information content (AvgIpc) is 2.16. The molecular weight excluding hydrogens is 296 g/mol. The molecule has 0 heterocycles. The number of nitrogens with one attached hydrogen (secondary N) is 1. The Morgan fingerprint density at radius 2 is 1.94 bits per heavy atom. The van der Waals surface area contributed by atoms with Gasteiger partial charge in [0.15, 0.2) is 11.6 Å². The molecule has 17 heavy (non-hydrogen) atoms. The van der Waals surface area contributed by atoms with Gasteiger partial charge in [-0.25, -0.2) is 13.6 Å². The molecule has 1 N–H and O–H groups in total. The van der Waals surface area contributed by atoms with Crippen LogP contribution in [-0.4, -0.2) is 11.7 Å². The van der Waals surface area contributed by atoms with Gasteiger partial charge in [0.25, 0.3) is 0 Å². The number of halogens is 3. The van der Waals surface area contributed by atoms with Crippen molar-refractivity contribution < 1.29 is 18.3 Å². The van der Waals surface area contributed by atoms with Gasteiger partial charge in [-0.15, -0.1) is 0 Å². The van der Waals surface area contributed by atoms with Gasteiger partial charge in [0.2, 0.25) is 0 Å². The van der Waals surface area contributed by atoms with Crippen molar-refractivity contribution in [1.29, 1.82) is 0 Å². The zero-order valence-electron chi connectivity index (χ0n) is 9.61. The minimum absolute atomic E-state index is 0.238. The van der Waals surface area contributed by atoms with Gasteiger partial charge in [0.05, 0.1) is 5.69 Å². The van der Waals surface area contributed by atoms with E-state index < -0.39 is 23.3 Å². The fourth-order valence-electron chi connectivity index (χ4n) is 1.05. The van der Waals surface area contributed by atoms with E-state index in [1.807, 2.05) is 0 Å². The van der Waals surface area contributed by atoms with Crippen LogP contribution in [0.4, 0.5) is 19.3 Å². The van der Waals surface area contributed by atoms with Crippen LogP contribution in [0.15, 0.2) is 16.6 Å². The minimum Gasteiger partial charge on any atom is -0.444 e. The van der Waals surface area contributed by atoms with Crippen LogP contribution in [0.1, 0.15) is 20.8 Å². The lowest BCUT2D eigenvalue weighted by Gasteiger charge is -2.20. The Morgan fingerprint density at radius 3 is 2.47 bits per heavy atom. The normalized spacial score (nSPS) is 11.2. The number of carbonyl (C=O) groups excluding carboxylic acids is 1. The Kier molecular flexibility index (Phi) is 4.08. The Bertz CT molecular complexity index is 444. The summed E-state index contributed by atoms with van der Waals surface area (Å²) in [6, 6.07) is 2.25. The molecule has 1 rings (SSSR count). The van der Waals surface area contributed by atoms with Crippen LogP contribution < -0.4 is 5.32 Å². The van der Waals surface area contributed by atoms with E-state index in [-0.39, 0.29) is 10.2 Å². The summed E-state index contributed by atoms with van der Waals surface area (Å²) in [5, 5.41) is 2.15. The van der Waals surface area contributed by atoms with Crippen molar-refractivity contribution in [3.8, 4) is 0 Å². The molecule has 0 fully saturated rings. The van der Waals surface area contributed by atoms with Crippen LogP contribution in [0.3, 0.4) is 0 Å². The van der Waals surface area contributed by atoms with Crippen molar-refractivity contribution in [3.63, 3.8) is 0 Å². The first-order valence-electron chi connectivity index (χ1n) is 4.84. The molecule has 0 aliphatic heterocycles. The Hall–Kier alpha value is -1.17. The number of amides is 1. The van der Waals surface area contributed by atoms with Gasteiger partial charge in [-0.2, -0.15) is 0 Å². The lowest BCUT2D eigenvalue weighted by Crippen LogP contribution is -2.27. The molecule has 0 aliphatic carbocycles. The summed E-state index contributed by atoms with van der Waals surface area (Å²) < 4.78 is 31.5. The summed E-state index contributed by atoms with van der Waals surface area (Å²) in [6.07, 6.45) is -0.845. The van der Waals surface area contributed by atoms with Gasteiger partial charge in [-0.1, -0.05) is 0 Å². The van der Waals surface area contributed by atoms with Crippen LogP contribution in [0.5, 0.6) is 0 Å². The quantitative estimate of drug-likeness (QED) is 0.794. The molecule has 0 aliphatic rings. The van der Waals surface area contributed by atoms with Gasteiger partial charge in [-0.05, 0) is 48.8 Å². The summed E-state index contributed by atoms with van der Waals surface area (Å²) >= 11 is 3.01. The molecule has 1 amide bonds. The molecular formula is C11H12BrF2NO2. The zero-order chi connectivity index (χ0) is 13.2. The topological polar surface area (TPSA) is 38.3 Å². The largest absolute Gasteiger partial charge is 0.444 e. The summed E-state index contributed by atoms with van der Waals surface area (Å²) in [5.74, 6) is -2.18. The van der Waals surface area contributed by atoms with E-state index in [9.17, 15) is 13.6 Å². The lowest BCUT2D eigenvalue weighted by molar-refractivity contribution is 0.0635. The Labute approximate surface area is 106 Å². The van der Waals surface area contributed by atoms with Crippen LogP contribution in [0.25, 0.3) is 0 Å². The first-order valence-corrected chi connectivity index (χ1v) is 5.63. The van der Waals surface area contributed by atoms with Crippen LogP contribution in [-0.2, 0) is 4.74 Å². The predicted molar refractivity (Wildman–Crippen MR) is 63.9 cm³/mol. The summed E-state index contributed by atoms with van der Waals surface area (Å²) in [6.45, 7) is 5.01. The monoisotopic (exact) mass is 307 g/mol. The molecule has 0 radical (unpaired) electrons. The standard InChI is InChI=1S/C11H12BrF2NO2/c1-11(2,3)17-10(16)15-9-6(12)4-5-7(13)8(9)14/h4-5H,1-3H3,(H,15,16). The summed E-state index contributed by atoms with van der Waals surface area (Å²) in [5.41, 5.74) is -0.986. The van der Waals surface area contributed by atoms with Gasteiger partial charge in [-0.3, -0.25) is 5.32 Å². The van der Waals surface area contributed by atoms with Gasteiger partial charge in [0, 0.05) is 4.47 Å². The van der Waals surface area contributed by atoms with E-state index in [4.69, 9.17) is 4.74 Å². The first-order chi connectivity index (χ1) is 7.70. The van der Waals surface area contributed by atoms with Crippen LogP contribution in [0.2, 0.25) is 0 Å². The number of rotatable bonds is 1. The molecule has 0 spiro atoms. The van der Waals surface area contributed by atoms with Crippen molar-refractivity contribution in [3.05, 3.63) is 28.2 Å². The predicted octanol–water partition coefficient (Wildman–Crippen LogP) is 4.07. The van der Waals surface area contributed by atoms with Crippen molar-refractivity contribution >= 4 is 27.7 Å². The molecule has 1 aromatic rings. The molecule has 3 nitrogen and oxygen atoms in total. The number of anilines is 1. The number of hydrogen-bond donors (Lipinski definition) is 1. The van der Waals surface area contributed by atoms with Gasteiger partial charge < -0.3 is 4.74 Å². The van der Waals surface area contributed by atoms with Crippen molar-refractivity contribution in [2.45, 2.75) is 26.4 Å².